The zero-order chi connectivity index (χ0) is 45.2. The average molecular weight is 858 g/mol. The largest absolute Gasteiger partial charge is 0.458 e. The predicted molar refractivity (Wildman–Crippen MR) is 268 cm³/mol. The van der Waals surface area contributed by atoms with Crippen LogP contribution in [0.25, 0.3) is 0 Å². The smallest absolute Gasteiger partial charge is 0.306 e. The molecule has 3 unspecified atom stereocenters. The second-order valence-corrected chi connectivity index (χ2v) is 16.2. The van der Waals surface area contributed by atoms with Crippen molar-refractivity contribution in [2.24, 2.45) is 0 Å². The molecule has 0 bridgehead atoms. The quantitative estimate of drug-likeness (QED) is 0.0246. The van der Waals surface area contributed by atoms with Crippen LogP contribution in [0.4, 0.5) is 0 Å². The van der Waals surface area contributed by atoms with Gasteiger partial charge in [0, 0.05) is 6.42 Å². The van der Waals surface area contributed by atoms with E-state index in [0.717, 1.165) is 96.3 Å². The number of rotatable bonds is 42. The number of carbonyl (C=O) groups is 2. The molecule has 0 rings (SSSR count). The second-order valence-electron chi connectivity index (χ2n) is 16.2. The molecule has 0 aliphatic heterocycles. The summed E-state index contributed by atoms with van der Waals surface area (Å²) in [6.07, 6.45) is 67.1. The van der Waals surface area contributed by atoms with Gasteiger partial charge in [0.25, 0.3) is 0 Å². The van der Waals surface area contributed by atoms with E-state index in [9.17, 15) is 19.8 Å². The highest BCUT2D eigenvalue weighted by Gasteiger charge is 2.23. The van der Waals surface area contributed by atoms with Gasteiger partial charge in [-0.3, -0.25) is 9.59 Å². The number of nitrogens with one attached hydrogen (secondary N) is 1. The lowest BCUT2D eigenvalue weighted by molar-refractivity contribution is -0.148. The average Bonchev–Trinajstić information content (AvgIpc) is 3.26. The number of amides is 1. The van der Waals surface area contributed by atoms with E-state index in [1.54, 1.807) is 6.08 Å². The number of ether oxygens (including phenoxy) is 1. The van der Waals surface area contributed by atoms with Crippen LogP contribution in [0.3, 0.4) is 0 Å². The summed E-state index contributed by atoms with van der Waals surface area (Å²) in [7, 11) is 0. The Hall–Kier alpha value is -3.74. The fourth-order valence-electron chi connectivity index (χ4n) is 6.67. The first kappa shape index (κ1) is 58.3. The summed E-state index contributed by atoms with van der Waals surface area (Å²) in [5.41, 5.74) is 0. The first-order chi connectivity index (χ1) is 30.5. The van der Waals surface area contributed by atoms with Gasteiger partial charge in [-0.15, -0.1) is 0 Å². The van der Waals surface area contributed by atoms with Crippen LogP contribution < -0.4 is 5.32 Å². The van der Waals surface area contributed by atoms with Crippen molar-refractivity contribution in [3.05, 3.63) is 122 Å². The molecule has 0 spiro atoms. The maximum Gasteiger partial charge on any atom is 0.306 e. The molecule has 62 heavy (non-hydrogen) atoms. The van der Waals surface area contributed by atoms with Crippen LogP contribution in [0.1, 0.15) is 194 Å². The normalized spacial score (nSPS) is 14.3. The highest BCUT2D eigenvalue weighted by Crippen LogP contribution is 2.15. The summed E-state index contributed by atoms with van der Waals surface area (Å²) >= 11 is 0. The zero-order valence-electron chi connectivity index (χ0n) is 39.7. The topological polar surface area (TPSA) is 95.9 Å². The lowest BCUT2D eigenvalue weighted by atomic mass is 10.0. The zero-order valence-corrected chi connectivity index (χ0v) is 39.7. The van der Waals surface area contributed by atoms with Crippen LogP contribution in [0.15, 0.2) is 122 Å². The number of hydrogen-bond donors (Lipinski definition) is 3. The molecule has 0 aromatic carbocycles. The van der Waals surface area contributed by atoms with E-state index < -0.39 is 18.2 Å². The molecule has 0 saturated carbocycles. The maximum atomic E-state index is 13.2. The standard InChI is InChI=1S/C56H91NO5/c1-4-7-10-13-16-19-22-24-26-27-29-30-33-35-38-41-44-47-52(62-56(61)49-46-43-40-37-34-31-28-25-23-20-17-14-11-8-5-2)50-55(60)57-53(51-58)54(59)48-45-42-39-36-32-21-18-15-12-9-6-3/h7-8,10-11,14,16-17,19-20,23-26,28-30,35,38,44,47,52-54,58-59H,4-6,9,12-13,15,18,21-22,27,31-34,36-37,39-43,45-46,48-51H2,1-3H3,(H,57,60)/b10-7-,11-8+,17-14+,19-16-,23-20+,26-24-,28-25-,30-29-,38-35-,47-44-. The van der Waals surface area contributed by atoms with Gasteiger partial charge < -0.3 is 20.3 Å². The van der Waals surface area contributed by atoms with Crippen molar-refractivity contribution in [2.45, 2.75) is 212 Å². The summed E-state index contributed by atoms with van der Waals surface area (Å²) in [6.45, 7) is 6.16. The van der Waals surface area contributed by atoms with Gasteiger partial charge >= 0.3 is 5.97 Å². The molecule has 0 heterocycles. The van der Waals surface area contributed by atoms with Gasteiger partial charge in [-0.25, -0.2) is 0 Å². The summed E-state index contributed by atoms with van der Waals surface area (Å²) in [5.74, 6) is -0.670. The Morgan fingerprint density at radius 1 is 0.516 bits per heavy atom. The Balaban J connectivity index is 4.87. The Morgan fingerprint density at radius 2 is 0.968 bits per heavy atom. The van der Waals surface area contributed by atoms with Crippen molar-refractivity contribution in [2.75, 3.05) is 6.61 Å². The third-order valence-corrected chi connectivity index (χ3v) is 10.4. The van der Waals surface area contributed by atoms with Crippen molar-refractivity contribution in [1.82, 2.24) is 5.32 Å². The van der Waals surface area contributed by atoms with Crippen LogP contribution in [0.2, 0.25) is 0 Å². The molecule has 0 aliphatic carbocycles. The minimum Gasteiger partial charge on any atom is -0.458 e. The van der Waals surface area contributed by atoms with Crippen molar-refractivity contribution >= 4 is 11.9 Å². The molecule has 0 fully saturated rings. The second kappa shape index (κ2) is 48.3. The Bertz CT molecular complexity index is 1330. The fraction of sp³-hybridized carbons (Fsp3) is 0.607. The van der Waals surface area contributed by atoms with E-state index in [-0.39, 0.29) is 24.9 Å². The Labute approximate surface area is 380 Å². The van der Waals surface area contributed by atoms with E-state index in [2.05, 4.69) is 111 Å². The molecule has 0 aromatic heterocycles. The molecule has 0 aliphatic rings. The lowest BCUT2D eigenvalue weighted by Gasteiger charge is -2.23. The number of aliphatic hydroxyl groups is 2. The fourth-order valence-corrected chi connectivity index (χ4v) is 6.67. The van der Waals surface area contributed by atoms with E-state index in [0.29, 0.717) is 19.3 Å². The first-order valence-electron chi connectivity index (χ1n) is 24.8. The molecular formula is C56H91NO5. The van der Waals surface area contributed by atoms with Crippen molar-refractivity contribution in [3.8, 4) is 0 Å². The third-order valence-electron chi connectivity index (χ3n) is 10.4. The molecule has 6 nitrogen and oxygen atoms in total. The molecule has 3 N–H and O–H groups in total. The van der Waals surface area contributed by atoms with Gasteiger partial charge in [-0.05, 0) is 76.7 Å². The SMILES string of the molecule is CC/C=C\C/C=C\C/C=C\C/C=C\C/C=C\C/C=C\C(CC(=O)NC(CO)C(O)CCCCCCCCCCCCC)OC(=O)CCCCCCC\C=C/C=C/C=C/C=C/CC. The number of aliphatic hydroxyl groups excluding tert-OH is 2. The highest BCUT2D eigenvalue weighted by molar-refractivity contribution is 5.78. The van der Waals surface area contributed by atoms with E-state index in [1.165, 1.54) is 51.4 Å². The molecule has 1 amide bonds. The molecule has 350 valence electrons. The van der Waals surface area contributed by atoms with Crippen molar-refractivity contribution in [3.63, 3.8) is 0 Å². The first-order valence-corrected chi connectivity index (χ1v) is 24.8. The van der Waals surface area contributed by atoms with Gasteiger partial charge in [-0.1, -0.05) is 226 Å². The monoisotopic (exact) mass is 858 g/mol. The minimum absolute atomic E-state index is 0.0650. The summed E-state index contributed by atoms with van der Waals surface area (Å²) in [5, 5.41) is 23.6. The van der Waals surface area contributed by atoms with E-state index >= 15 is 0 Å². The molecular weight excluding hydrogens is 767 g/mol. The van der Waals surface area contributed by atoms with Crippen LogP contribution in [0, 0.1) is 0 Å². The van der Waals surface area contributed by atoms with Crippen LogP contribution in [-0.4, -0.2) is 46.9 Å². The Morgan fingerprint density at radius 3 is 1.50 bits per heavy atom. The molecule has 0 aromatic rings. The molecule has 3 atom stereocenters. The number of allylic oxidation sites excluding steroid dienone is 19. The van der Waals surface area contributed by atoms with Gasteiger partial charge in [0.15, 0.2) is 0 Å². The van der Waals surface area contributed by atoms with Crippen LogP contribution in [-0.2, 0) is 14.3 Å². The minimum atomic E-state index is -0.831. The van der Waals surface area contributed by atoms with E-state index in [4.69, 9.17) is 4.74 Å². The van der Waals surface area contributed by atoms with Crippen molar-refractivity contribution in [1.29, 1.82) is 0 Å². The molecule has 6 heteroatoms. The molecule has 0 radical (unpaired) electrons. The summed E-state index contributed by atoms with van der Waals surface area (Å²) in [6, 6.07) is -0.755. The predicted octanol–water partition coefficient (Wildman–Crippen LogP) is 14.9. The van der Waals surface area contributed by atoms with E-state index in [1.807, 2.05) is 30.4 Å². The lowest BCUT2D eigenvalue weighted by Crippen LogP contribution is -2.46. The summed E-state index contributed by atoms with van der Waals surface area (Å²) in [4.78, 5) is 26.1. The third kappa shape index (κ3) is 42.9. The number of hydrogen-bond acceptors (Lipinski definition) is 5. The molecule has 0 saturated heterocycles. The number of unbranched alkanes of at least 4 members (excludes halogenated alkanes) is 15. The van der Waals surface area contributed by atoms with Gasteiger partial charge in [0.05, 0.1) is 25.2 Å². The van der Waals surface area contributed by atoms with Crippen molar-refractivity contribution < 1.29 is 24.5 Å². The Kier molecular flexibility index (Phi) is 45.4. The van der Waals surface area contributed by atoms with Gasteiger partial charge in [0.2, 0.25) is 5.91 Å². The van der Waals surface area contributed by atoms with Gasteiger partial charge in [0.1, 0.15) is 6.10 Å². The summed E-state index contributed by atoms with van der Waals surface area (Å²) < 4.78 is 5.80. The highest BCUT2D eigenvalue weighted by atomic mass is 16.5. The van der Waals surface area contributed by atoms with Crippen LogP contribution in [0.5, 0.6) is 0 Å². The van der Waals surface area contributed by atoms with Gasteiger partial charge in [-0.2, -0.15) is 0 Å². The van der Waals surface area contributed by atoms with Crippen LogP contribution >= 0.6 is 0 Å². The maximum absolute atomic E-state index is 13.2. The number of carbonyl (C=O) groups excluding carboxylic acids is 2. The number of esters is 1.